The highest BCUT2D eigenvalue weighted by Crippen LogP contribution is 2.22. The molecule has 4 nitrogen and oxygen atoms in total. The number of ether oxygens (including phenoxy) is 2. The van der Waals surface area contributed by atoms with Crippen molar-refractivity contribution in [2.75, 3.05) is 20.3 Å². The standard InChI is InChI=1S/C9H16O4/c1-6(3-7-4-13-5-7)8(10)9(11)12-2/h6-8,10H,3-5H2,1-2H3. The van der Waals surface area contributed by atoms with Gasteiger partial charge < -0.3 is 14.6 Å². The minimum Gasteiger partial charge on any atom is -0.467 e. The molecule has 0 spiro atoms. The van der Waals surface area contributed by atoms with Crippen molar-refractivity contribution >= 4 is 5.97 Å². The molecule has 0 aliphatic carbocycles. The summed E-state index contributed by atoms with van der Waals surface area (Å²) in [4.78, 5) is 10.9. The lowest BCUT2D eigenvalue weighted by Crippen LogP contribution is -2.35. The minimum atomic E-state index is -0.995. The molecule has 1 aliphatic heterocycles. The highest BCUT2D eigenvalue weighted by Gasteiger charge is 2.28. The van der Waals surface area contributed by atoms with Crippen LogP contribution in [-0.2, 0) is 14.3 Å². The summed E-state index contributed by atoms with van der Waals surface area (Å²) in [6, 6.07) is 0. The maximum Gasteiger partial charge on any atom is 0.334 e. The SMILES string of the molecule is COC(=O)C(O)C(C)CC1COC1. The first-order valence-corrected chi connectivity index (χ1v) is 4.48. The number of hydrogen-bond acceptors (Lipinski definition) is 4. The van der Waals surface area contributed by atoms with Gasteiger partial charge in [-0.25, -0.2) is 4.79 Å². The van der Waals surface area contributed by atoms with Gasteiger partial charge in [0.25, 0.3) is 0 Å². The quantitative estimate of drug-likeness (QED) is 0.640. The van der Waals surface area contributed by atoms with E-state index in [1.54, 1.807) is 0 Å². The predicted molar refractivity (Wildman–Crippen MR) is 46.1 cm³/mol. The van der Waals surface area contributed by atoms with E-state index in [2.05, 4.69) is 4.74 Å². The monoisotopic (exact) mass is 188 g/mol. The molecule has 1 fully saturated rings. The molecule has 76 valence electrons. The molecule has 0 aromatic heterocycles. The fraction of sp³-hybridized carbons (Fsp3) is 0.889. The molecule has 1 aliphatic rings. The van der Waals surface area contributed by atoms with E-state index in [1.807, 2.05) is 6.92 Å². The summed E-state index contributed by atoms with van der Waals surface area (Å²) in [5.41, 5.74) is 0. The lowest BCUT2D eigenvalue weighted by Gasteiger charge is -2.29. The second kappa shape index (κ2) is 4.58. The molecule has 1 saturated heterocycles. The predicted octanol–water partition coefficient (Wildman–Crippen LogP) is 0.193. The van der Waals surface area contributed by atoms with Gasteiger partial charge in [-0.3, -0.25) is 0 Å². The summed E-state index contributed by atoms with van der Waals surface area (Å²) in [5.74, 6) is -0.108. The molecule has 2 unspecified atom stereocenters. The first-order valence-electron chi connectivity index (χ1n) is 4.48. The summed E-state index contributed by atoms with van der Waals surface area (Å²) in [5, 5.41) is 9.44. The Hall–Kier alpha value is -0.610. The van der Waals surface area contributed by atoms with Gasteiger partial charge in [0, 0.05) is 5.92 Å². The summed E-state index contributed by atoms with van der Waals surface area (Å²) in [7, 11) is 1.28. The Bertz CT molecular complexity index is 176. The molecule has 0 amide bonds. The molecule has 13 heavy (non-hydrogen) atoms. The van der Waals surface area contributed by atoms with E-state index < -0.39 is 12.1 Å². The van der Waals surface area contributed by atoms with Crippen LogP contribution in [0.1, 0.15) is 13.3 Å². The van der Waals surface area contributed by atoms with Crippen molar-refractivity contribution in [3.63, 3.8) is 0 Å². The zero-order valence-electron chi connectivity index (χ0n) is 8.03. The Kier molecular flexibility index (Phi) is 3.69. The van der Waals surface area contributed by atoms with Gasteiger partial charge in [0.15, 0.2) is 6.10 Å². The number of rotatable bonds is 4. The lowest BCUT2D eigenvalue weighted by molar-refractivity contribution is -0.154. The molecule has 4 heteroatoms. The van der Waals surface area contributed by atoms with Crippen molar-refractivity contribution in [3.8, 4) is 0 Å². The van der Waals surface area contributed by atoms with Crippen LogP contribution in [0.5, 0.6) is 0 Å². The van der Waals surface area contributed by atoms with Crippen LogP contribution in [0.25, 0.3) is 0 Å². The summed E-state index contributed by atoms with van der Waals surface area (Å²) in [6.07, 6.45) is -0.179. The van der Waals surface area contributed by atoms with E-state index >= 15 is 0 Å². The third kappa shape index (κ3) is 2.67. The lowest BCUT2D eigenvalue weighted by atomic mass is 9.91. The maximum atomic E-state index is 10.9. The van der Waals surface area contributed by atoms with E-state index in [9.17, 15) is 9.90 Å². The number of aliphatic hydroxyl groups excluding tert-OH is 1. The van der Waals surface area contributed by atoms with Crippen molar-refractivity contribution in [3.05, 3.63) is 0 Å². The van der Waals surface area contributed by atoms with Crippen molar-refractivity contribution < 1.29 is 19.4 Å². The van der Waals surface area contributed by atoms with Crippen molar-refractivity contribution in [2.24, 2.45) is 11.8 Å². The van der Waals surface area contributed by atoms with Crippen LogP contribution in [0.4, 0.5) is 0 Å². The van der Waals surface area contributed by atoms with Crippen LogP contribution in [0.15, 0.2) is 0 Å². The van der Waals surface area contributed by atoms with E-state index in [4.69, 9.17) is 4.74 Å². The molecule has 0 radical (unpaired) electrons. The van der Waals surface area contributed by atoms with Crippen LogP contribution in [0, 0.1) is 11.8 Å². The zero-order valence-corrected chi connectivity index (χ0v) is 8.03. The molecular weight excluding hydrogens is 172 g/mol. The Morgan fingerprint density at radius 3 is 2.69 bits per heavy atom. The Morgan fingerprint density at radius 2 is 2.31 bits per heavy atom. The molecule has 0 aromatic rings. The smallest absolute Gasteiger partial charge is 0.334 e. The van der Waals surface area contributed by atoms with Gasteiger partial charge >= 0.3 is 5.97 Å². The average molecular weight is 188 g/mol. The number of aliphatic hydroxyl groups is 1. The minimum absolute atomic E-state index is 0.0543. The fourth-order valence-corrected chi connectivity index (χ4v) is 1.43. The van der Waals surface area contributed by atoms with Gasteiger partial charge in [-0.1, -0.05) is 6.92 Å². The van der Waals surface area contributed by atoms with Gasteiger partial charge in [0.1, 0.15) is 0 Å². The highest BCUT2D eigenvalue weighted by molar-refractivity contribution is 5.74. The Morgan fingerprint density at radius 1 is 1.69 bits per heavy atom. The molecule has 1 N–H and O–H groups in total. The topological polar surface area (TPSA) is 55.8 Å². The summed E-state index contributed by atoms with van der Waals surface area (Å²) in [6.45, 7) is 3.34. The van der Waals surface area contributed by atoms with Gasteiger partial charge in [-0.05, 0) is 12.3 Å². The third-order valence-electron chi connectivity index (χ3n) is 2.39. The molecule has 1 rings (SSSR count). The van der Waals surface area contributed by atoms with E-state index in [1.165, 1.54) is 7.11 Å². The van der Waals surface area contributed by atoms with E-state index in [0.29, 0.717) is 5.92 Å². The largest absolute Gasteiger partial charge is 0.467 e. The number of methoxy groups -OCH3 is 1. The summed E-state index contributed by atoms with van der Waals surface area (Å²) < 4.78 is 9.45. The van der Waals surface area contributed by atoms with Crippen molar-refractivity contribution in [2.45, 2.75) is 19.4 Å². The van der Waals surface area contributed by atoms with Crippen LogP contribution in [0.2, 0.25) is 0 Å². The van der Waals surface area contributed by atoms with E-state index in [0.717, 1.165) is 19.6 Å². The summed E-state index contributed by atoms with van der Waals surface area (Å²) >= 11 is 0. The zero-order chi connectivity index (χ0) is 9.84. The second-order valence-corrected chi connectivity index (χ2v) is 3.58. The number of hydrogen-bond donors (Lipinski definition) is 1. The normalized spacial score (nSPS) is 21.8. The molecule has 0 bridgehead atoms. The van der Waals surface area contributed by atoms with Crippen molar-refractivity contribution in [1.29, 1.82) is 0 Å². The first kappa shape index (κ1) is 10.5. The fourth-order valence-electron chi connectivity index (χ4n) is 1.43. The molecule has 0 saturated carbocycles. The van der Waals surface area contributed by atoms with Crippen LogP contribution < -0.4 is 0 Å². The maximum absolute atomic E-state index is 10.9. The van der Waals surface area contributed by atoms with Crippen LogP contribution in [-0.4, -0.2) is 37.5 Å². The van der Waals surface area contributed by atoms with Crippen molar-refractivity contribution in [1.82, 2.24) is 0 Å². The molecule has 2 atom stereocenters. The second-order valence-electron chi connectivity index (χ2n) is 3.58. The number of carbonyl (C=O) groups is 1. The first-order chi connectivity index (χ1) is 6.15. The highest BCUT2D eigenvalue weighted by atomic mass is 16.5. The molecule has 0 aromatic carbocycles. The van der Waals surface area contributed by atoms with Gasteiger partial charge in [-0.2, -0.15) is 0 Å². The van der Waals surface area contributed by atoms with Crippen LogP contribution >= 0.6 is 0 Å². The van der Waals surface area contributed by atoms with Gasteiger partial charge in [0.05, 0.1) is 20.3 Å². The number of carbonyl (C=O) groups excluding carboxylic acids is 1. The van der Waals surface area contributed by atoms with Gasteiger partial charge in [-0.15, -0.1) is 0 Å². The third-order valence-corrected chi connectivity index (χ3v) is 2.39. The van der Waals surface area contributed by atoms with E-state index in [-0.39, 0.29) is 5.92 Å². The Balaban J connectivity index is 2.27. The average Bonchev–Trinajstić information content (AvgIpc) is 2.08. The molecule has 1 heterocycles. The Labute approximate surface area is 77.8 Å². The van der Waals surface area contributed by atoms with Gasteiger partial charge in [0.2, 0.25) is 0 Å². The van der Waals surface area contributed by atoms with Crippen LogP contribution in [0.3, 0.4) is 0 Å². The molecular formula is C9H16O4. The number of esters is 1.